The van der Waals surface area contributed by atoms with Crippen LogP contribution >= 0.6 is 11.6 Å². The first kappa shape index (κ1) is 13.5. The number of carbonyl (C=O) groups excluding carboxylic acids is 3. The first-order chi connectivity index (χ1) is 10.6. The maximum absolute atomic E-state index is 12.5. The van der Waals surface area contributed by atoms with Crippen LogP contribution in [0.25, 0.3) is 0 Å². The number of fused-ring (bicyclic) bond motifs is 5. The molecule has 1 aromatic rings. The Balaban J connectivity index is 1.56. The maximum atomic E-state index is 12.5. The molecule has 112 valence electrons. The van der Waals surface area contributed by atoms with Gasteiger partial charge in [-0.1, -0.05) is 29.8 Å². The van der Waals surface area contributed by atoms with E-state index in [1.54, 1.807) is 18.2 Å². The van der Waals surface area contributed by atoms with E-state index >= 15 is 0 Å². The Kier molecular flexibility index (Phi) is 2.87. The molecule has 4 atom stereocenters. The highest BCUT2D eigenvalue weighted by Gasteiger charge is 2.59. The second kappa shape index (κ2) is 4.68. The highest BCUT2D eigenvalue weighted by Crippen LogP contribution is 2.52. The van der Waals surface area contributed by atoms with Gasteiger partial charge in [-0.15, -0.1) is 0 Å². The van der Waals surface area contributed by atoms with Gasteiger partial charge in [0.25, 0.3) is 17.7 Å². The molecule has 22 heavy (non-hydrogen) atoms. The Morgan fingerprint density at radius 2 is 1.77 bits per heavy atom. The van der Waals surface area contributed by atoms with Crippen LogP contribution in [0.1, 0.15) is 16.8 Å². The molecule has 6 heteroatoms. The van der Waals surface area contributed by atoms with E-state index in [2.05, 4.69) is 5.43 Å². The Morgan fingerprint density at radius 3 is 2.36 bits per heavy atom. The Labute approximate surface area is 131 Å². The van der Waals surface area contributed by atoms with Crippen LogP contribution in [-0.4, -0.2) is 22.7 Å². The third-order valence-electron chi connectivity index (χ3n) is 4.77. The molecule has 0 unspecified atom stereocenters. The molecule has 2 aliphatic carbocycles. The lowest BCUT2D eigenvalue weighted by Gasteiger charge is -2.18. The van der Waals surface area contributed by atoms with Crippen LogP contribution in [0.3, 0.4) is 0 Å². The van der Waals surface area contributed by atoms with Crippen molar-refractivity contribution in [1.82, 2.24) is 10.4 Å². The van der Waals surface area contributed by atoms with Crippen molar-refractivity contribution in [1.29, 1.82) is 0 Å². The molecule has 1 saturated carbocycles. The van der Waals surface area contributed by atoms with E-state index in [9.17, 15) is 14.4 Å². The number of hydrazine groups is 1. The maximum Gasteiger partial charge on any atom is 0.270 e. The molecule has 1 heterocycles. The van der Waals surface area contributed by atoms with E-state index in [0.717, 1.165) is 11.4 Å². The molecule has 0 radical (unpaired) electrons. The summed E-state index contributed by atoms with van der Waals surface area (Å²) in [4.78, 5) is 37.1. The van der Waals surface area contributed by atoms with Crippen molar-refractivity contribution in [3.63, 3.8) is 0 Å². The van der Waals surface area contributed by atoms with Crippen LogP contribution in [0.4, 0.5) is 0 Å². The monoisotopic (exact) mass is 316 g/mol. The Bertz CT molecular complexity index is 700. The van der Waals surface area contributed by atoms with E-state index < -0.39 is 5.91 Å². The molecule has 1 N–H and O–H groups in total. The number of rotatable bonds is 2. The second-order valence-electron chi connectivity index (χ2n) is 5.96. The van der Waals surface area contributed by atoms with Crippen molar-refractivity contribution in [2.75, 3.05) is 0 Å². The third kappa shape index (κ3) is 1.82. The van der Waals surface area contributed by atoms with Gasteiger partial charge in [-0.05, 0) is 36.5 Å². The standard InChI is InChI=1S/C16H13ClN2O3/c17-11-3-1-2-10(7-11)14(20)18-19-15(21)12-8-4-5-9(6-8)13(12)16(19)22/h1-5,7-9,12-13H,6H2,(H,18,20)/t8-,9+,12+,13-. The van der Waals surface area contributed by atoms with Gasteiger partial charge in [0, 0.05) is 10.6 Å². The second-order valence-corrected chi connectivity index (χ2v) is 6.40. The van der Waals surface area contributed by atoms with Crippen LogP contribution in [0.2, 0.25) is 5.02 Å². The van der Waals surface area contributed by atoms with Crippen molar-refractivity contribution in [2.24, 2.45) is 23.7 Å². The third-order valence-corrected chi connectivity index (χ3v) is 5.01. The van der Waals surface area contributed by atoms with Gasteiger partial charge >= 0.3 is 0 Å². The number of hydrogen-bond acceptors (Lipinski definition) is 3. The molecule has 1 aliphatic heterocycles. The largest absolute Gasteiger partial charge is 0.272 e. The quantitative estimate of drug-likeness (QED) is 0.668. The number of nitrogens with one attached hydrogen (secondary N) is 1. The zero-order valence-electron chi connectivity index (χ0n) is 11.5. The minimum atomic E-state index is -0.510. The molecule has 3 aliphatic rings. The first-order valence-electron chi connectivity index (χ1n) is 7.19. The summed E-state index contributed by atoms with van der Waals surface area (Å²) >= 11 is 5.85. The van der Waals surface area contributed by atoms with Crippen LogP contribution in [0.5, 0.6) is 0 Å². The summed E-state index contributed by atoms with van der Waals surface area (Å²) in [5.74, 6) is -1.50. The lowest BCUT2D eigenvalue weighted by molar-refractivity contribution is -0.143. The minimum absolute atomic E-state index is 0.125. The molecule has 3 amide bonds. The van der Waals surface area contributed by atoms with E-state index in [1.807, 2.05) is 12.2 Å². The normalized spacial score (nSPS) is 31.8. The van der Waals surface area contributed by atoms with E-state index in [4.69, 9.17) is 11.6 Å². The average molecular weight is 317 g/mol. The van der Waals surface area contributed by atoms with Crippen molar-refractivity contribution in [3.05, 3.63) is 47.0 Å². The summed E-state index contributed by atoms with van der Waals surface area (Å²) in [6.07, 6.45) is 4.89. The van der Waals surface area contributed by atoms with E-state index in [-0.39, 0.29) is 35.5 Å². The zero-order chi connectivity index (χ0) is 15.4. The molecule has 0 spiro atoms. The Hall–Kier alpha value is -2.14. The van der Waals surface area contributed by atoms with Crippen molar-refractivity contribution >= 4 is 29.3 Å². The number of hydrogen-bond donors (Lipinski definition) is 1. The van der Waals surface area contributed by atoms with Gasteiger partial charge in [0.2, 0.25) is 0 Å². The van der Waals surface area contributed by atoms with Gasteiger partial charge in [0.1, 0.15) is 0 Å². The number of benzene rings is 1. The highest BCUT2D eigenvalue weighted by atomic mass is 35.5. The van der Waals surface area contributed by atoms with Gasteiger partial charge < -0.3 is 0 Å². The molecule has 4 rings (SSSR count). The van der Waals surface area contributed by atoms with E-state index in [1.165, 1.54) is 6.07 Å². The topological polar surface area (TPSA) is 66.5 Å². The fraction of sp³-hybridized carbons (Fsp3) is 0.312. The SMILES string of the molecule is O=C(NN1C(=O)[C@@H]2[C@H](C1=O)[C@H]1C=C[C@@H]2C1)c1cccc(Cl)c1. The molecule has 2 fully saturated rings. The van der Waals surface area contributed by atoms with Crippen molar-refractivity contribution in [3.8, 4) is 0 Å². The van der Waals surface area contributed by atoms with Crippen molar-refractivity contribution < 1.29 is 14.4 Å². The molecular formula is C16H13ClN2O3. The molecule has 5 nitrogen and oxygen atoms in total. The van der Waals surface area contributed by atoms with E-state index in [0.29, 0.717) is 10.6 Å². The summed E-state index contributed by atoms with van der Waals surface area (Å²) in [7, 11) is 0. The lowest BCUT2D eigenvalue weighted by atomic mass is 9.85. The molecule has 2 bridgehead atoms. The van der Waals surface area contributed by atoms with Crippen LogP contribution in [-0.2, 0) is 9.59 Å². The molecule has 1 saturated heterocycles. The summed E-state index contributed by atoms with van der Waals surface area (Å²) in [5, 5.41) is 1.32. The minimum Gasteiger partial charge on any atom is -0.272 e. The van der Waals surface area contributed by atoms with Gasteiger partial charge in [0.15, 0.2) is 0 Å². The number of carbonyl (C=O) groups is 3. The summed E-state index contributed by atoms with van der Waals surface area (Å²) in [6, 6.07) is 6.37. The fourth-order valence-electron chi connectivity index (χ4n) is 3.81. The number of halogens is 1. The number of nitrogens with zero attached hydrogens (tertiary/aromatic N) is 1. The fourth-order valence-corrected chi connectivity index (χ4v) is 4.00. The zero-order valence-corrected chi connectivity index (χ0v) is 12.3. The number of amides is 3. The molecular weight excluding hydrogens is 304 g/mol. The lowest BCUT2D eigenvalue weighted by Crippen LogP contribution is -2.47. The summed E-state index contributed by atoms with van der Waals surface area (Å²) in [5.41, 5.74) is 2.74. The Morgan fingerprint density at radius 1 is 1.14 bits per heavy atom. The number of allylic oxidation sites excluding steroid dienone is 2. The predicted octanol–water partition coefficient (Wildman–Crippen LogP) is 1.79. The van der Waals surface area contributed by atoms with Gasteiger partial charge in [-0.25, -0.2) is 0 Å². The van der Waals surface area contributed by atoms with Gasteiger partial charge in [0.05, 0.1) is 11.8 Å². The number of imide groups is 1. The molecule has 0 aromatic heterocycles. The smallest absolute Gasteiger partial charge is 0.270 e. The summed E-state index contributed by atoms with van der Waals surface area (Å²) < 4.78 is 0. The first-order valence-corrected chi connectivity index (χ1v) is 7.57. The van der Waals surface area contributed by atoms with Crippen LogP contribution < -0.4 is 5.43 Å². The van der Waals surface area contributed by atoms with Crippen LogP contribution in [0, 0.1) is 23.7 Å². The highest BCUT2D eigenvalue weighted by molar-refractivity contribution is 6.31. The average Bonchev–Trinajstić information content (AvgIpc) is 3.17. The van der Waals surface area contributed by atoms with Gasteiger partial charge in [-0.3, -0.25) is 19.8 Å². The van der Waals surface area contributed by atoms with Crippen LogP contribution in [0.15, 0.2) is 36.4 Å². The summed E-state index contributed by atoms with van der Waals surface area (Å²) in [6.45, 7) is 0. The van der Waals surface area contributed by atoms with Crippen molar-refractivity contribution in [2.45, 2.75) is 6.42 Å². The predicted molar refractivity (Wildman–Crippen MR) is 78.5 cm³/mol. The van der Waals surface area contributed by atoms with Gasteiger partial charge in [-0.2, -0.15) is 5.01 Å². The molecule has 1 aromatic carbocycles.